The predicted octanol–water partition coefficient (Wildman–Crippen LogP) is -0.347. The highest BCUT2D eigenvalue weighted by atomic mass is 32.2. The molecule has 0 saturated heterocycles. The fourth-order valence-corrected chi connectivity index (χ4v) is 5.14. The van der Waals surface area contributed by atoms with E-state index < -0.39 is 36.5 Å². The number of hydrogen-bond acceptors (Lipinski definition) is 9. The first-order valence-electron chi connectivity index (χ1n) is 5.41. The summed E-state index contributed by atoms with van der Waals surface area (Å²) in [4.78, 5) is 9.98. The maximum absolute atomic E-state index is 12.0. The molecular formula is C8H14N4O6S3. The third-order valence-electron chi connectivity index (χ3n) is 2.19. The molecule has 1 unspecified atom stereocenters. The van der Waals surface area contributed by atoms with Gasteiger partial charge in [-0.15, -0.1) is 0 Å². The van der Waals surface area contributed by atoms with Gasteiger partial charge in [0.2, 0.25) is 0 Å². The quantitative estimate of drug-likeness (QED) is 0.338. The van der Waals surface area contributed by atoms with Crippen LogP contribution in [0.2, 0.25) is 0 Å². The van der Waals surface area contributed by atoms with Crippen LogP contribution in [0.4, 0.5) is 10.7 Å². The summed E-state index contributed by atoms with van der Waals surface area (Å²) >= 11 is 0.577. The van der Waals surface area contributed by atoms with Crippen molar-refractivity contribution in [2.45, 2.75) is 17.2 Å². The van der Waals surface area contributed by atoms with Crippen molar-refractivity contribution in [1.82, 2.24) is 4.72 Å². The molecule has 0 aliphatic heterocycles. The molecule has 120 valence electrons. The first-order valence-corrected chi connectivity index (χ1v) is 9.77. The van der Waals surface area contributed by atoms with Crippen molar-refractivity contribution < 1.29 is 21.8 Å². The zero-order chi connectivity index (χ0) is 16.4. The van der Waals surface area contributed by atoms with Crippen molar-refractivity contribution in [3.05, 3.63) is 16.2 Å². The average molecular weight is 358 g/mol. The van der Waals surface area contributed by atoms with Gasteiger partial charge in [0.25, 0.3) is 10.0 Å². The number of sulfonamides is 1. The average Bonchev–Trinajstić information content (AvgIpc) is 2.69. The maximum atomic E-state index is 12.0. The fraction of sp³-hybridized carbons (Fsp3) is 0.500. The second kappa shape index (κ2) is 6.23. The van der Waals surface area contributed by atoms with Crippen molar-refractivity contribution in [3.8, 4) is 0 Å². The molecule has 10 nitrogen and oxygen atoms in total. The Balaban J connectivity index is 3.06. The van der Waals surface area contributed by atoms with Gasteiger partial charge in [-0.25, -0.2) is 27.4 Å². The number of thiophene rings is 1. The van der Waals surface area contributed by atoms with Gasteiger partial charge in [0, 0.05) is 18.4 Å². The second-order valence-electron chi connectivity index (χ2n) is 4.30. The number of nitrogens with zero attached hydrogens (tertiary/aromatic N) is 1. The van der Waals surface area contributed by atoms with E-state index in [1.807, 2.05) is 5.43 Å². The zero-order valence-corrected chi connectivity index (χ0v) is 13.5. The molecule has 4 N–H and O–H groups in total. The SMILES string of the molecule is CC(CS(C)(=O)=O)NS(=O)(=O)c1cc([N+](=O)[O-])c(NN)s1. The Hall–Kier alpha value is -1.28. The molecule has 1 aromatic heterocycles. The van der Waals surface area contributed by atoms with Crippen LogP contribution in [-0.2, 0) is 19.9 Å². The number of rotatable bonds is 7. The Morgan fingerprint density at radius 3 is 2.38 bits per heavy atom. The zero-order valence-electron chi connectivity index (χ0n) is 11.1. The van der Waals surface area contributed by atoms with Crippen molar-refractivity contribution in [1.29, 1.82) is 0 Å². The van der Waals surface area contributed by atoms with Crippen molar-refractivity contribution >= 4 is 41.9 Å². The molecule has 1 heterocycles. The third kappa shape index (κ3) is 4.89. The summed E-state index contributed by atoms with van der Waals surface area (Å²) in [7, 11) is -7.44. The number of sulfone groups is 1. The highest BCUT2D eigenvalue weighted by Crippen LogP contribution is 2.36. The molecular weight excluding hydrogens is 344 g/mol. The first-order chi connectivity index (χ1) is 9.46. The van der Waals surface area contributed by atoms with Gasteiger partial charge in [-0.3, -0.25) is 10.1 Å². The highest BCUT2D eigenvalue weighted by Gasteiger charge is 2.27. The number of nitro groups is 1. The lowest BCUT2D eigenvalue weighted by atomic mass is 10.4. The molecule has 0 aliphatic rings. The summed E-state index contributed by atoms with van der Waals surface area (Å²) in [5, 5.41) is 10.6. The number of nitrogens with two attached hydrogens (primary N) is 1. The number of anilines is 1. The Labute approximate surface area is 125 Å². The van der Waals surface area contributed by atoms with E-state index in [2.05, 4.69) is 4.72 Å². The normalized spacial score (nSPS) is 13.9. The molecule has 21 heavy (non-hydrogen) atoms. The molecule has 0 amide bonds. The lowest BCUT2D eigenvalue weighted by Crippen LogP contribution is -2.36. The lowest BCUT2D eigenvalue weighted by molar-refractivity contribution is -0.383. The largest absolute Gasteiger partial charge is 0.310 e. The van der Waals surface area contributed by atoms with Crippen LogP contribution in [0.15, 0.2) is 10.3 Å². The van der Waals surface area contributed by atoms with Crippen LogP contribution in [0.1, 0.15) is 6.92 Å². The van der Waals surface area contributed by atoms with E-state index in [0.717, 1.165) is 12.3 Å². The summed E-state index contributed by atoms with van der Waals surface area (Å²) in [6.45, 7) is 1.38. The van der Waals surface area contributed by atoms with Crippen LogP contribution in [0, 0.1) is 10.1 Å². The summed E-state index contributed by atoms with van der Waals surface area (Å²) < 4.78 is 48.1. The van der Waals surface area contributed by atoms with E-state index in [1.54, 1.807) is 0 Å². The van der Waals surface area contributed by atoms with Gasteiger partial charge in [0.1, 0.15) is 14.0 Å². The van der Waals surface area contributed by atoms with E-state index in [4.69, 9.17) is 5.84 Å². The molecule has 0 aromatic carbocycles. The second-order valence-corrected chi connectivity index (χ2v) is 9.47. The number of nitrogen functional groups attached to an aromatic ring is 1. The number of hydrazine groups is 1. The van der Waals surface area contributed by atoms with Crippen LogP contribution in [-0.4, -0.2) is 39.8 Å². The molecule has 0 saturated carbocycles. The van der Waals surface area contributed by atoms with Gasteiger partial charge < -0.3 is 5.43 Å². The highest BCUT2D eigenvalue weighted by molar-refractivity contribution is 7.92. The van der Waals surface area contributed by atoms with Gasteiger partial charge in [0.05, 0.1) is 10.7 Å². The Morgan fingerprint density at radius 2 is 2.00 bits per heavy atom. The molecule has 1 aromatic rings. The summed E-state index contributed by atoms with van der Waals surface area (Å²) in [5.41, 5.74) is 1.58. The van der Waals surface area contributed by atoms with Crippen molar-refractivity contribution in [3.63, 3.8) is 0 Å². The lowest BCUT2D eigenvalue weighted by Gasteiger charge is -2.11. The van der Waals surface area contributed by atoms with Crippen LogP contribution < -0.4 is 16.0 Å². The van der Waals surface area contributed by atoms with Crippen LogP contribution >= 0.6 is 11.3 Å². The smallest absolute Gasteiger partial charge is 0.306 e. The molecule has 0 bridgehead atoms. The summed E-state index contributed by atoms with van der Waals surface area (Å²) in [6, 6.07) is -0.0181. The van der Waals surface area contributed by atoms with Crippen molar-refractivity contribution in [2.75, 3.05) is 17.4 Å². The monoisotopic (exact) mass is 358 g/mol. The standard InChI is InChI=1S/C8H14N4O6S3/c1-5(4-20(2,15)16)11-21(17,18)7-3-6(12(13)14)8(10-9)19-7/h3,5,10-11H,4,9H2,1-2H3. The van der Waals surface area contributed by atoms with Gasteiger partial charge in [-0.1, -0.05) is 11.3 Å². The maximum Gasteiger partial charge on any atom is 0.306 e. The minimum Gasteiger partial charge on any atom is -0.310 e. The molecule has 1 atom stereocenters. The third-order valence-corrected chi connectivity index (χ3v) is 6.42. The van der Waals surface area contributed by atoms with Crippen LogP contribution in [0.25, 0.3) is 0 Å². The topological polar surface area (TPSA) is 162 Å². The van der Waals surface area contributed by atoms with Crippen LogP contribution in [0.3, 0.4) is 0 Å². The number of nitrogens with one attached hydrogen (secondary N) is 2. The summed E-state index contributed by atoms with van der Waals surface area (Å²) in [5.74, 6) is 4.70. The van der Waals surface area contributed by atoms with E-state index in [1.165, 1.54) is 6.92 Å². The first kappa shape index (κ1) is 17.8. The molecule has 1 rings (SSSR count). The Bertz CT molecular complexity index is 738. The minimum absolute atomic E-state index is 0.115. The fourth-order valence-electron chi connectivity index (χ4n) is 1.54. The molecule has 13 heteroatoms. The van der Waals surface area contributed by atoms with Gasteiger partial charge in [-0.2, -0.15) is 0 Å². The summed E-state index contributed by atoms with van der Waals surface area (Å²) in [6.07, 6.45) is 0.976. The predicted molar refractivity (Wildman–Crippen MR) is 78.3 cm³/mol. The molecule has 0 fully saturated rings. The Morgan fingerprint density at radius 1 is 1.43 bits per heavy atom. The van der Waals surface area contributed by atoms with Crippen LogP contribution in [0.5, 0.6) is 0 Å². The van der Waals surface area contributed by atoms with E-state index in [9.17, 15) is 26.9 Å². The Kier molecular flexibility index (Phi) is 5.27. The molecule has 0 aliphatic carbocycles. The minimum atomic E-state index is -4.07. The molecule has 0 spiro atoms. The van der Waals surface area contributed by atoms with E-state index >= 15 is 0 Å². The van der Waals surface area contributed by atoms with Gasteiger partial charge >= 0.3 is 5.69 Å². The van der Waals surface area contributed by atoms with E-state index in [-0.39, 0.29) is 15.0 Å². The van der Waals surface area contributed by atoms with Gasteiger partial charge in [0.15, 0.2) is 5.00 Å². The van der Waals surface area contributed by atoms with Crippen molar-refractivity contribution in [2.24, 2.45) is 5.84 Å². The van der Waals surface area contributed by atoms with Gasteiger partial charge in [-0.05, 0) is 6.92 Å². The van der Waals surface area contributed by atoms with E-state index in [0.29, 0.717) is 11.3 Å². The number of hydrogen-bond donors (Lipinski definition) is 3. The molecule has 0 radical (unpaired) electrons.